The van der Waals surface area contributed by atoms with E-state index < -0.39 is 22.5 Å². The molecular weight excluding hydrogens is 470 g/mol. The van der Waals surface area contributed by atoms with E-state index in [9.17, 15) is 13.2 Å². The van der Waals surface area contributed by atoms with Crippen molar-refractivity contribution in [3.63, 3.8) is 0 Å². The van der Waals surface area contributed by atoms with Gasteiger partial charge in [0.05, 0.1) is 16.8 Å². The van der Waals surface area contributed by atoms with E-state index in [4.69, 9.17) is 0 Å². The first-order valence-corrected chi connectivity index (χ1v) is 13.4. The normalized spacial score (nSPS) is 12.8. The zero-order valence-corrected chi connectivity index (χ0v) is 20.8. The second-order valence-electron chi connectivity index (χ2n) is 8.79. The summed E-state index contributed by atoms with van der Waals surface area (Å²) in [5.41, 5.74) is 7.58. The minimum absolute atomic E-state index is 0.119. The summed E-state index contributed by atoms with van der Waals surface area (Å²) in [6, 6.07) is 25.7. The number of hydrogen-bond donors (Lipinski definition) is 1. The highest BCUT2D eigenvalue weighted by atomic mass is 32.2. The van der Waals surface area contributed by atoms with E-state index in [0.29, 0.717) is 5.69 Å². The second kappa shape index (κ2) is 9.95. The number of hydrogen-bond acceptors (Lipinski definition) is 4. The highest BCUT2D eigenvalue weighted by molar-refractivity contribution is 7.92. The van der Waals surface area contributed by atoms with Crippen molar-refractivity contribution in [2.45, 2.75) is 31.1 Å². The summed E-state index contributed by atoms with van der Waals surface area (Å²) in [6.45, 7) is 1.63. The van der Waals surface area contributed by atoms with E-state index in [1.165, 1.54) is 28.6 Å². The predicted octanol–water partition coefficient (Wildman–Crippen LogP) is 4.85. The average molecular weight is 498 g/mol. The average Bonchev–Trinajstić information content (AvgIpc) is 3.34. The van der Waals surface area contributed by atoms with Gasteiger partial charge in [-0.3, -0.25) is 9.10 Å². The van der Waals surface area contributed by atoms with E-state index >= 15 is 0 Å². The van der Waals surface area contributed by atoms with Crippen LogP contribution in [0.4, 0.5) is 5.69 Å². The molecule has 36 heavy (non-hydrogen) atoms. The Morgan fingerprint density at radius 3 is 2.36 bits per heavy atom. The van der Waals surface area contributed by atoms with E-state index in [-0.39, 0.29) is 4.90 Å². The third kappa shape index (κ3) is 4.62. The molecule has 0 atom stereocenters. The fourth-order valence-corrected chi connectivity index (χ4v) is 6.10. The van der Waals surface area contributed by atoms with Gasteiger partial charge in [-0.2, -0.15) is 5.10 Å². The van der Waals surface area contributed by atoms with Gasteiger partial charge in [-0.15, -0.1) is 0 Å². The van der Waals surface area contributed by atoms with Crippen LogP contribution in [0.2, 0.25) is 0 Å². The van der Waals surface area contributed by atoms with Crippen LogP contribution in [-0.2, 0) is 34.1 Å². The van der Waals surface area contributed by atoms with E-state index in [1.54, 1.807) is 36.5 Å². The van der Waals surface area contributed by atoms with Gasteiger partial charge < -0.3 is 0 Å². The van der Waals surface area contributed by atoms with Crippen molar-refractivity contribution >= 4 is 38.6 Å². The molecular formula is C29H27N3O3S. The Kier molecular flexibility index (Phi) is 6.57. The van der Waals surface area contributed by atoms with Gasteiger partial charge in [0.15, 0.2) is 0 Å². The first-order chi connectivity index (χ1) is 17.5. The summed E-state index contributed by atoms with van der Waals surface area (Å²) < 4.78 is 28.0. The molecule has 0 fully saturated rings. The molecule has 0 saturated heterocycles. The molecule has 0 aliphatic heterocycles. The SMILES string of the molecule is CCc1ccc(N(CC(=O)N/N=C\c2ccc3c4c(cccc24)CC3)S(=O)(=O)c2ccccc2)cc1. The molecule has 0 saturated carbocycles. The standard InChI is InChI=1S/C29H27N3O3S/c1-2-21-11-17-25(18-12-21)32(36(34,35)26-8-4-3-5-9-26)20-28(33)31-30-19-24-16-15-23-14-13-22-7-6-10-27(24)29(22)23/h3-12,15-19H,2,13-14,20H2,1H3,(H,31,33)/b30-19-. The van der Waals surface area contributed by atoms with Gasteiger partial charge in [0.2, 0.25) is 0 Å². The number of carbonyl (C=O) groups excluding carboxylic acids is 1. The zero-order chi connectivity index (χ0) is 25.1. The molecule has 7 heteroatoms. The summed E-state index contributed by atoms with van der Waals surface area (Å²) in [4.78, 5) is 13.0. The van der Waals surface area contributed by atoms with Crippen LogP contribution < -0.4 is 9.73 Å². The molecule has 5 rings (SSSR count). The third-order valence-corrected chi connectivity index (χ3v) is 8.34. The van der Waals surface area contributed by atoms with Crippen molar-refractivity contribution in [2.75, 3.05) is 10.8 Å². The van der Waals surface area contributed by atoms with Gasteiger partial charge in [-0.25, -0.2) is 13.8 Å². The van der Waals surface area contributed by atoms with Crippen LogP contribution in [0.25, 0.3) is 10.8 Å². The molecule has 4 aromatic carbocycles. The van der Waals surface area contributed by atoms with Crippen molar-refractivity contribution < 1.29 is 13.2 Å². The van der Waals surface area contributed by atoms with Crippen LogP contribution in [0, 0.1) is 0 Å². The lowest BCUT2D eigenvalue weighted by molar-refractivity contribution is -0.119. The summed E-state index contributed by atoms with van der Waals surface area (Å²) in [5, 5.41) is 6.52. The Balaban J connectivity index is 1.38. The lowest BCUT2D eigenvalue weighted by Gasteiger charge is -2.24. The van der Waals surface area contributed by atoms with E-state index in [0.717, 1.165) is 40.1 Å². The largest absolute Gasteiger partial charge is 0.271 e. The lowest BCUT2D eigenvalue weighted by Crippen LogP contribution is -2.39. The van der Waals surface area contributed by atoms with Crippen molar-refractivity contribution in [2.24, 2.45) is 5.10 Å². The van der Waals surface area contributed by atoms with E-state index in [2.05, 4.69) is 28.7 Å². The lowest BCUT2D eigenvalue weighted by atomic mass is 10.0. The molecule has 6 nitrogen and oxygen atoms in total. The summed E-state index contributed by atoms with van der Waals surface area (Å²) in [6.07, 6.45) is 4.52. The Bertz CT molecular complexity index is 1540. The van der Waals surface area contributed by atoms with Crippen LogP contribution >= 0.6 is 0 Å². The molecule has 1 aliphatic carbocycles. The predicted molar refractivity (Wildman–Crippen MR) is 144 cm³/mol. The van der Waals surface area contributed by atoms with Crippen LogP contribution in [0.3, 0.4) is 0 Å². The minimum atomic E-state index is -3.96. The number of nitrogens with zero attached hydrogens (tertiary/aromatic N) is 2. The Morgan fingerprint density at radius 2 is 1.64 bits per heavy atom. The van der Waals surface area contributed by atoms with E-state index in [1.807, 2.05) is 31.2 Å². The topological polar surface area (TPSA) is 78.8 Å². The molecule has 0 spiro atoms. The smallest absolute Gasteiger partial charge is 0.264 e. The van der Waals surface area contributed by atoms with Gasteiger partial charge in [0.1, 0.15) is 6.54 Å². The fourth-order valence-electron chi connectivity index (χ4n) is 4.65. The number of aryl methyl sites for hydroxylation is 3. The number of sulfonamides is 1. The molecule has 0 bridgehead atoms. The minimum Gasteiger partial charge on any atom is -0.271 e. The monoisotopic (exact) mass is 497 g/mol. The molecule has 1 aliphatic rings. The number of rotatable bonds is 8. The third-order valence-electron chi connectivity index (χ3n) is 6.55. The van der Waals surface area contributed by atoms with Gasteiger partial charge in [0.25, 0.3) is 15.9 Å². The quantitative estimate of drug-likeness (QED) is 0.279. The van der Waals surface area contributed by atoms with Crippen LogP contribution in [-0.4, -0.2) is 27.1 Å². The molecule has 0 radical (unpaired) electrons. The molecule has 1 amide bonds. The number of nitrogens with one attached hydrogen (secondary N) is 1. The molecule has 0 aromatic heterocycles. The molecule has 182 valence electrons. The van der Waals surface area contributed by atoms with Crippen LogP contribution in [0.1, 0.15) is 29.2 Å². The maximum absolute atomic E-state index is 13.4. The number of benzene rings is 4. The number of hydrazone groups is 1. The Labute approximate surface area is 211 Å². The van der Waals surface area contributed by atoms with Crippen LogP contribution in [0.5, 0.6) is 0 Å². The molecule has 4 aromatic rings. The maximum atomic E-state index is 13.4. The number of anilines is 1. The highest BCUT2D eigenvalue weighted by Gasteiger charge is 2.27. The van der Waals surface area contributed by atoms with Gasteiger partial charge >= 0.3 is 0 Å². The summed E-state index contributed by atoms with van der Waals surface area (Å²) in [7, 11) is -3.96. The van der Waals surface area contributed by atoms with Crippen LogP contribution in [0.15, 0.2) is 94.9 Å². The Morgan fingerprint density at radius 1 is 0.917 bits per heavy atom. The van der Waals surface area contributed by atoms with Crippen molar-refractivity contribution in [1.82, 2.24) is 5.43 Å². The second-order valence-corrected chi connectivity index (χ2v) is 10.7. The first kappa shape index (κ1) is 23.8. The molecule has 0 unspecified atom stereocenters. The fraction of sp³-hybridized carbons (Fsp3) is 0.172. The van der Waals surface area contributed by atoms with Crippen molar-refractivity contribution in [3.05, 3.63) is 107 Å². The van der Waals surface area contributed by atoms with Gasteiger partial charge in [0, 0.05) is 5.56 Å². The molecule has 1 N–H and O–H groups in total. The first-order valence-electron chi connectivity index (χ1n) is 12.0. The number of amides is 1. The zero-order valence-electron chi connectivity index (χ0n) is 20.0. The van der Waals surface area contributed by atoms with Crippen molar-refractivity contribution in [1.29, 1.82) is 0 Å². The van der Waals surface area contributed by atoms with Gasteiger partial charge in [-0.05, 0) is 71.0 Å². The summed E-state index contributed by atoms with van der Waals surface area (Å²) in [5.74, 6) is -0.531. The molecule has 0 heterocycles. The Hall–Kier alpha value is -3.97. The maximum Gasteiger partial charge on any atom is 0.264 e. The highest BCUT2D eigenvalue weighted by Crippen LogP contribution is 2.32. The summed E-state index contributed by atoms with van der Waals surface area (Å²) >= 11 is 0. The number of carbonyl (C=O) groups is 1. The van der Waals surface area contributed by atoms with Crippen molar-refractivity contribution in [3.8, 4) is 0 Å². The van der Waals surface area contributed by atoms with Gasteiger partial charge in [-0.1, -0.05) is 67.6 Å².